The van der Waals surface area contributed by atoms with Crippen molar-refractivity contribution in [1.29, 1.82) is 0 Å². The number of ether oxygens (including phenoxy) is 1. The minimum Gasteiger partial charge on any atom is -0.494 e. The molecule has 1 aromatic carbocycles. The third-order valence-corrected chi connectivity index (χ3v) is 3.37. The van der Waals surface area contributed by atoms with Crippen molar-refractivity contribution >= 4 is 0 Å². The number of hydrogen-bond acceptors (Lipinski definition) is 4. The average molecular weight is 279 g/mol. The number of nitrogens with zero attached hydrogens (tertiary/aromatic N) is 2. The lowest BCUT2D eigenvalue weighted by molar-refractivity contribution is 0.222. The molecule has 0 radical (unpaired) electrons. The maximum atomic E-state index is 5.97. The van der Waals surface area contributed by atoms with Gasteiger partial charge in [0.05, 0.1) is 6.61 Å². The summed E-state index contributed by atoms with van der Waals surface area (Å²) in [4.78, 5) is 4.49. The fourth-order valence-electron chi connectivity index (χ4n) is 2.12. The lowest BCUT2D eigenvalue weighted by Crippen LogP contribution is -2.35. The minimum absolute atomic E-state index is 0.236. The minimum atomic E-state index is 0.236. The number of likely N-dealkylation sites (N-methyl/N-ethyl adjacent to an activating group) is 2. The van der Waals surface area contributed by atoms with E-state index in [0.717, 1.165) is 31.9 Å². The summed E-state index contributed by atoms with van der Waals surface area (Å²) in [5.41, 5.74) is 7.19. The Morgan fingerprint density at radius 3 is 2.55 bits per heavy atom. The summed E-state index contributed by atoms with van der Waals surface area (Å²) < 4.78 is 5.70. The molecule has 0 aliphatic carbocycles. The van der Waals surface area contributed by atoms with Gasteiger partial charge in [-0.2, -0.15) is 0 Å². The highest BCUT2D eigenvalue weighted by molar-refractivity contribution is 5.30. The van der Waals surface area contributed by atoms with Gasteiger partial charge in [-0.25, -0.2) is 0 Å². The summed E-state index contributed by atoms with van der Waals surface area (Å²) >= 11 is 0. The van der Waals surface area contributed by atoms with Crippen LogP contribution in [0.1, 0.15) is 24.9 Å². The quantitative estimate of drug-likeness (QED) is 0.750. The standard InChI is InChI=1S/C16H29N3O/c1-5-11-20-15-8-6-7-14(12-15)16(13-17)19(4)10-9-18(2)3/h6-8,12,16H,5,9-11,13,17H2,1-4H3. The first-order valence-corrected chi connectivity index (χ1v) is 7.36. The van der Waals surface area contributed by atoms with E-state index in [1.807, 2.05) is 12.1 Å². The summed E-state index contributed by atoms with van der Waals surface area (Å²) in [6, 6.07) is 8.53. The van der Waals surface area contributed by atoms with Gasteiger partial charge in [0, 0.05) is 25.7 Å². The SMILES string of the molecule is CCCOc1cccc(C(CN)N(C)CCN(C)C)c1. The first kappa shape index (κ1) is 17.0. The van der Waals surface area contributed by atoms with Gasteiger partial charge >= 0.3 is 0 Å². The molecule has 0 amide bonds. The molecular weight excluding hydrogens is 250 g/mol. The Bertz CT molecular complexity index is 382. The first-order chi connectivity index (χ1) is 9.58. The van der Waals surface area contributed by atoms with Crippen molar-refractivity contribution in [2.75, 3.05) is 47.4 Å². The molecular formula is C16H29N3O. The molecule has 0 spiro atoms. The van der Waals surface area contributed by atoms with E-state index in [9.17, 15) is 0 Å². The molecule has 0 heterocycles. The molecule has 0 fully saturated rings. The van der Waals surface area contributed by atoms with Crippen LogP contribution in [0.5, 0.6) is 5.75 Å². The van der Waals surface area contributed by atoms with Crippen LogP contribution in [-0.2, 0) is 0 Å². The van der Waals surface area contributed by atoms with Gasteiger partial charge in [-0.15, -0.1) is 0 Å². The van der Waals surface area contributed by atoms with Crippen molar-refractivity contribution in [2.24, 2.45) is 5.73 Å². The zero-order valence-corrected chi connectivity index (χ0v) is 13.3. The first-order valence-electron chi connectivity index (χ1n) is 7.36. The highest BCUT2D eigenvalue weighted by atomic mass is 16.5. The van der Waals surface area contributed by atoms with Gasteiger partial charge in [0.25, 0.3) is 0 Å². The van der Waals surface area contributed by atoms with Crippen molar-refractivity contribution in [2.45, 2.75) is 19.4 Å². The number of benzene rings is 1. The second-order valence-electron chi connectivity index (χ2n) is 5.46. The van der Waals surface area contributed by atoms with E-state index in [0.29, 0.717) is 6.54 Å². The molecule has 4 heteroatoms. The maximum absolute atomic E-state index is 5.97. The van der Waals surface area contributed by atoms with Crippen LogP contribution in [0.25, 0.3) is 0 Å². The van der Waals surface area contributed by atoms with E-state index in [2.05, 4.69) is 50.0 Å². The third kappa shape index (κ3) is 5.49. The maximum Gasteiger partial charge on any atom is 0.119 e. The summed E-state index contributed by atoms with van der Waals surface area (Å²) in [5, 5.41) is 0. The van der Waals surface area contributed by atoms with Gasteiger partial charge < -0.3 is 15.4 Å². The van der Waals surface area contributed by atoms with Crippen molar-refractivity contribution in [3.05, 3.63) is 29.8 Å². The highest BCUT2D eigenvalue weighted by Gasteiger charge is 2.15. The van der Waals surface area contributed by atoms with Gasteiger partial charge in [-0.05, 0) is 45.3 Å². The Balaban J connectivity index is 2.72. The third-order valence-electron chi connectivity index (χ3n) is 3.37. The Labute approximate surface area is 123 Å². The highest BCUT2D eigenvalue weighted by Crippen LogP contribution is 2.22. The largest absolute Gasteiger partial charge is 0.494 e. The molecule has 0 saturated heterocycles. The molecule has 0 aliphatic heterocycles. The van der Waals surface area contributed by atoms with Crippen LogP contribution in [0.3, 0.4) is 0 Å². The molecule has 0 saturated carbocycles. The molecule has 114 valence electrons. The Hall–Kier alpha value is -1.10. The van der Waals surface area contributed by atoms with Crippen molar-refractivity contribution in [3.63, 3.8) is 0 Å². The smallest absolute Gasteiger partial charge is 0.119 e. The van der Waals surface area contributed by atoms with Crippen molar-refractivity contribution in [3.8, 4) is 5.75 Å². The van der Waals surface area contributed by atoms with E-state index in [1.165, 1.54) is 5.56 Å². The lowest BCUT2D eigenvalue weighted by atomic mass is 10.1. The van der Waals surface area contributed by atoms with E-state index in [4.69, 9.17) is 10.5 Å². The van der Waals surface area contributed by atoms with Crippen molar-refractivity contribution < 1.29 is 4.74 Å². The summed E-state index contributed by atoms with van der Waals surface area (Å²) in [7, 11) is 6.30. The predicted molar refractivity (Wildman–Crippen MR) is 85.2 cm³/mol. The Kier molecular flexibility index (Phi) is 7.59. The fourth-order valence-corrected chi connectivity index (χ4v) is 2.12. The van der Waals surface area contributed by atoms with E-state index in [-0.39, 0.29) is 6.04 Å². The van der Waals surface area contributed by atoms with Crippen LogP contribution >= 0.6 is 0 Å². The van der Waals surface area contributed by atoms with Gasteiger partial charge in [-0.3, -0.25) is 4.90 Å². The van der Waals surface area contributed by atoms with Crippen molar-refractivity contribution in [1.82, 2.24) is 9.80 Å². The van der Waals surface area contributed by atoms with E-state index < -0.39 is 0 Å². The summed E-state index contributed by atoms with van der Waals surface area (Å²) in [6.07, 6.45) is 1.02. The average Bonchev–Trinajstić information content (AvgIpc) is 2.44. The molecule has 1 aromatic rings. The molecule has 1 rings (SSSR count). The van der Waals surface area contributed by atoms with Gasteiger partial charge in [-0.1, -0.05) is 19.1 Å². The monoisotopic (exact) mass is 279 g/mol. The Morgan fingerprint density at radius 1 is 1.20 bits per heavy atom. The molecule has 4 nitrogen and oxygen atoms in total. The molecule has 20 heavy (non-hydrogen) atoms. The summed E-state index contributed by atoms with van der Waals surface area (Å²) in [6.45, 7) is 5.50. The Morgan fingerprint density at radius 2 is 1.95 bits per heavy atom. The van der Waals surface area contributed by atoms with Crippen LogP contribution in [0.2, 0.25) is 0 Å². The summed E-state index contributed by atoms with van der Waals surface area (Å²) in [5.74, 6) is 0.934. The number of rotatable bonds is 9. The normalized spacial score (nSPS) is 12.9. The van der Waals surface area contributed by atoms with E-state index in [1.54, 1.807) is 0 Å². The van der Waals surface area contributed by atoms with E-state index >= 15 is 0 Å². The number of nitrogens with two attached hydrogens (primary N) is 1. The zero-order chi connectivity index (χ0) is 15.0. The molecule has 2 N–H and O–H groups in total. The van der Waals surface area contributed by atoms with Gasteiger partial charge in [0.1, 0.15) is 5.75 Å². The van der Waals surface area contributed by atoms with Crippen LogP contribution in [-0.4, -0.2) is 57.2 Å². The van der Waals surface area contributed by atoms with Crippen LogP contribution in [0.4, 0.5) is 0 Å². The topological polar surface area (TPSA) is 41.7 Å². The van der Waals surface area contributed by atoms with Crippen LogP contribution in [0.15, 0.2) is 24.3 Å². The molecule has 1 atom stereocenters. The fraction of sp³-hybridized carbons (Fsp3) is 0.625. The second kappa shape index (κ2) is 8.95. The van der Waals surface area contributed by atoms with Crippen LogP contribution in [0, 0.1) is 0 Å². The molecule has 0 aliphatic rings. The molecule has 0 bridgehead atoms. The van der Waals surface area contributed by atoms with Gasteiger partial charge in [0.2, 0.25) is 0 Å². The van der Waals surface area contributed by atoms with Crippen LogP contribution < -0.4 is 10.5 Å². The van der Waals surface area contributed by atoms with Gasteiger partial charge in [0.15, 0.2) is 0 Å². The second-order valence-corrected chi connectivity index (χ2v) is 5.46. The number of hydrogen-bond donors (Lipinski definition) is 1. The zero-order valence-electron chi connectivity index (χ0n) is 13.3. The molecule has 0 aromatic heterocycles. The molecule has 1 unspecified atom stereocenters. The predicted octanol–water partition coefficient (Wildman–Crippen LogP) is 1.97. The lowest BCUT2D eigenvalue weighted by Gasteiger charge is -2.28.